The van der Waals surface area contributed by atoms with Gasteiger partial charge in [-0.05, 0) is 37.3 Å². The van der Waals surface area contributed by atoms with Gasteiger partial charge in [0.05, 0.1) is 31.6 Å². The van der Waals surface area contributed by atoms with Crippen molar-refractivity contribution < 1.29 is 22.7 Å². The summed E-state index contributed by atoms with van der Waals surface area (Å²) in [5.74, 6) is 0.922. The fourth-order valence-corrected chi connectivity index (χ4v) is 8.06. The molecular weight excluding hydrogens is 504 g/mol. The number of hydrogen-bond acceptors (Lipinski definition) is 8. The molecule has 12 heteroatoms. The standard InChI is InChI=1S/C24H30N4O6S2/c1-14-8-15(2)11-28(10-14)36(31,32)22-16(3)35-23-21(22)24(30)27(13-25-23)12-20(29)26-18-7-6-17(33-4)9-19(18)34-5/h6-7,9,13-15H,8,10-12H2,1-5H3,(H,26,29). The minimum absolute atomic E-state index is 0.00659. The number of aromatic nitrogens is 2. The number of ether oxygens (including phenoxy) is 2. The molecule has 3 heterocycles. The molecule has 1 saturated heterocycles. The molecule has 3 aromatic rings. The lowest BCUT2D eigenvalue weighted by Gasteiger charge is -2.34. The number of carbonyl (C=O) groups is 1. The lowest BCUT2D eigenvalue weighted by Crippen LogP contribution is -2.42. The molecule has 0 radical (unpaired) electrons. The number of methoxy groups -OCH3 is 2. The van der Waals surface area contributed by atoms with Crippen molar-refractivity contribution in [2.75, 3.05) is 32.6 Å². The highest BCUT2D eigenvalue weighted by Crippen LogP contribution is 2.35. The van der Waals surface area contributed by atoms with Crippen molar-refractivity contribution in [2.45, 2.75) is 38.6 Å². The van der Waals surface area contributed by atoms with Crippen molar-refractivity contribution in [3.63, 3.8) is 0 Å². The number of anilines is 1. The van der Waals surface area contributed by atoms with Gasteiger partial charge < -0.3 is 14.8 Å². The molecule has 194 valence electrons. The molecule has 1 aliphatic heterocycles. The average Bonchev–Trinajstić information content (AvgIpc) is 3.18. The number of thiophene rings is 1. The molecule has 0 spiro atoms. The number of amides is 1. The van der Waals surface area contributed by atoms with Crippen LogP contribution in [0.15, 0.2) is 34.2 Å². The summed E-state index contributed by atoms with van der Waals surface area (Å²) in [5.41, 5.74) is -0.161. The number of aryl methyl sites for hydroxylation is 1. The normalized spacial score (nSPS) is 18.8. The number of piperidine rings is 1. The van der Waals surface area contributed by atoms with E-state index in [1.165, 1.54) is 24.9 Å². The Morgan fingerprint density at radius 2 is 1.89 bits per heavy atom. The molecule has 2 atom stereocenters. The smallest absolute Gasteiger partial charge is 0.263 e. The van der Waals surface area contributed by atoms with Crippen LogP contribution < -0.4 is 20.3 Å². The molecule has 10 nitrogen and oxygen atoms in total. The maximum absolute atomic E-state index is 13.7. The first-order valence-corrected chi connectivity index (χ1v) is 13.8. The molecule has 1 fully saturated rings. The number of carbonyl (C=O) groups excluding carboxylic acids is 1. The van der Waals surface area contributed by atoms with Gasteiger partial charge in [-0.15, -0.1) is 11.3 Å². The molecular formula is C24H30N4O6S2. The third-order valence-electron chi connectivity index (χ3n) is 6.23. The molecule has 1 amide bonds. The van der Waals surface area contributed by atoms with Crippen LogP contribution >= 0.6 is 11.3 Å². The van der Waals surface area contributed by atoms with Crippen LogP contribution in [0.4, 0.5) is 5.69 Å². The number of benzene rings is 1. The minimum atomic E-state index is -3.91. The topological polar surface area (TPSA) is 120 Å². The van der Waals surface area contributed by atoms with Crippen molar-refractivity contribution in [1.29, 1.82) is 0 Å². The van der Waals surface area contributed by atoms with Crippen LogP contribution in [0.3, 0.4) is 0 Å². The maximum Gasteiger partial charge on any atom is 0.263 e. The lowest BCUT2D eigenvalue weighted by atomic mass is 9.94. The Morgan fingerprint density at radius 3 is 2.53 bits per heavy atom. The summed E-state index contributed by atoms with van der Waals surface area (Å²) in [6.07, 6.45) is 2.23. The van der Waals surface area contributed by atoms with Gasteiger partial charge in [0.15, 0.2) is 0 Å². The van der Waals surface area contributed by atoms with E-state index in [0.717, 1.165) is 22.3 Å². The molecule has 0 aliphatic carbocycles. The Morgan fingerprint density at radius 1 is 1.19 bits per heavy atom. The van der Waals surface area contributed by atoms with Crippen LogP contribution in [0.25, 0.3) is 10.2 Å². The van der Waals surface area contributed by atoms with Crippen LogP contribution in [0.1, 0.15) is 25.1 Å². The second kappa shape index (κ2) is 10.2. The zero-order chi connectivity index (χ0) is 26.2. The summed E-state index contributed by atoms with van der Waals surface area (Å²) >= 11 is 1.16. The van der Waals surface area contributed by atoms with Crippen LogP contribution in [-0.2, 0) is 21.4 Å². The maximum atomic E-state index is 13.7. The van der Waals surface area contributed by atoms with Crippen molar-refractivity contribution in [1.82, 2.24) is 13.9 Å². The SMILES string of the molecule is COc1ccc(NC(=O)Cn2cnc3sc(C)c(S(=O)(=O)N4CC(C)CC(C)C4)c3c2=O)c(OC)c1. The molecule has 0 bridgehead atoms. The fourth-order valence-electron chi connectivity index (χ4n) is 4.71. The highest BCUT2D eigenvalue weighted by atomic mass is 32.2. The number of nitrogens with one attached hydrogen (secondary N) is 1. The Kier molecular flexibility index (Phi) is 7.39. The summed E-state index contributed by atoms with van der Waals surface area (Å²) in [7, 11) is -0.919. The van der Waals surface area contributed by atoms with E-state index in [0.29, 0.717) is 40.0 Å². The molecule has 36 heavy (non-hydrogen) atoms. The molecule has 2 aromatic heterocycles. The first-order chi connectivity index (χ1) is 17.0. The number of sulfonamides is 1. The summed E-state index contributed by atoms with van der Waals surface area (Å²) in [6, 6.07) is 4.93. The largest absolute Gasteiger partial charge is 0.497 e. The molecule has 2 unspecified atom stereocenters. The van der Waals surface area contributed by atoms with E-state index in [2.05, 4.69) is 10.3 Å². The van der Waals surface area contributed by atoms with Crippen molar-refractivity contribution in [2.24, 2.45) is 11.8 Å². The Balaban J connectivity index is 1.67. The Hall–Kier alpha value is -2.96. The first-order valence-electron chi connectivity index (χ1n) is 11.6. The molecule has 1 N–H and O–H groups in total. The molecule has 1 aromatic carbocycles. The summed E-state index contributed by atoms with van der Waals surface area (Å²) in [6.45, 7) is 6.21. The van der Waals surface area contributed by atoms with Gasteiger partial charge in [-0.1, -0.05) is 13.8 Å². The van der Waals surface area contributed by atoms with Gasteiger partial charge in [-0.2, -0.15) is 4.31 Å². The Bertz CT molecular complexity index is 1450. The summed E-state index contributed by atoms with van der Waals surface area (Å²) in [4.78, 5) is 31.4. The van der Waals surface area contributed by atoms with Gasteiger partial charge in [-0.3, -0.25) is 14.2 Å². The number of hydrogen-bond donors (Lipinski definition) is 1. The third-order valence-corrected chi connectivity index (χ3v) is 9.38. The Labute approximate surface area is 213 Å². The predicted octanol–water partition coefficient (Wildman–Crippen LogP) is 3.09. The highest BCUT2D eigenvalue weighted by molar-refractivity contribution is 7.89. The summed E-state index contributed by atoms with van der Waals surface area (Å²) < 4.78 is 40.4. The van der Waals surface area contributed by atoms with E-state index in [4.69, 9.17) is 9.47 Å². The fraction of sp³-hybridized carbons (Fsp3) is 0.458. The number of nitrogens with zero attached hydrogens (tertiary/aromatic N) is 3. The van der Waals surface area contributed by atoms with Crippen molar-refractivity contribution >= 4 is 43.2 Å². The third kappa shape index (κ3) is 4.97. The van der Waals surface area contributed by atoms with Crippen LogP contribution in [0, 0.1) is 18.8 Å². The van der Waals surface area contributed by atoms with E-state index >= 15 is 0 Å². The first kappa shape index (κ1) is 26.1. The minimum Gasteiger partial charge on any atom is -0.497 e. The van der Waals surface area contributed by atoms with Gasteiger partial charge in [-0.25, -0.2) is 13.4 Å². The number of fused-ring (bicyclic) bond motifs is 1. The zero-order valence-corrected chi connectivity index (χ0v) is 22.5. The zero-order valence-electron chi connectivity index (χ0n) is 20.9. The van der Waals surface area contributed by atoms with Crippen molar-refractivity contribution in [3.05, 3.63) is 39.8 Å². The van der Waals surface area contributed by atoms with E-state index < -0.39 is 21.5 Å². The lowest BCUT2D eigenvalue weighted by molar-refractivity contribution is -0.116. The van der Waals surface area contributed by atoms with Gasteiger partial charge in [0.2, 0.25) is 15.9 Å². The highest BCUT2D eigenvalue weighted by Gasteiger charge is 2.35. The van der Waals surface area contributed by atoms with Crippen LogP contribution in [0.2, 0.25) is 0 Å². The van der Waals surface area contributed by atoms with E-state index in [1.54, 1.807) is 25.1 Å². The van der Waals surface area contributed by atoms with Gasteiger partial charge in [0.1, 0.15) is 27.8 Å². The number of rotatable bonds is 7. The van der Waals surface area contributed by atoms with E-state index in [1.807, 2.05) is 13.8 Å². The average molecular weight is 535 g/mol. The van der Waals surface area contributed by atoms with Crippen molar-refractivity contribution in [3.8, 4) is 11.5 Å². The van der Waals surface area contributed by atoms with Gasteiger partial charge in [0, 0.05) is 24.0 Å². The van der Waals surface area contributed by atoms with E-state index in [-0.39, 0.29) is 28.7 Å². The molecule has 1 aliphatic rings. The van der Waals surface area contributed by atoms with Crippen LogP contribution in [0.5, 0.6) is 11.5 Å². The predicted molar refractivity (Wildman–Crippen MR) is 138 cm³/mol. The van der Waals surface area contributed by atoms with E-state index in [9.17, 15) is 18.0 Å². The second-order valence-electron chi connectivity index (χ2n) is 9.23. The second-order valence-corrected chi connectivity index (χ2v) is 12.3. The molecule has 4 rings (SSSR count). The van der Waals surface area contributed by atoms with Gasteiger partial charge in [0.25, 0.3) is 5.56 Å². The summed E-state index contributed by atoms with van der Waals surface area (Å²) in [5, 5.41) is 2.75. The van der Waals surface area contributed by atoms with Gasteiger partial charge >= 0.3 is 0 Å². The molecule has 0 saturated carbocycles. The quantitative estimate of drug-likeness (QED) is 0.495. The van der Waals surface area contributed by atoms with Crippen LogP contribution in [-0.4, -0.2) is 55.5 Å². The monoisotopic (exact) mass is 534 g/mol.